The summed E-state index contributed by atoms with van der Waals surface area (Å²) in [4.78, 5) is 29.2. The summed E-state index contributed by atoms with van der Waals surface area (Å²) in [5.74, 6) is -0.667. The minimum atomic E-state index is -1.10. The maximum Gasteiger partial charge on any atom is 0.326 e. The largest absolute Gasteiger partial charge is 0.480 e. The lowest BCUT2D eigenvalue weighted by molar-refractivity contribution is -0.139. The number of fused-ring (bicyclic) bond motifs is 1. The van der Waals surface area contributed by atoms with Gasteiger partial charge in [-0.3, -0.25) is 4.79 Å². The molecule has 5 rings (SSSR count). The molecule has 0 spiro atoms. The van der Waals surface area contributed by atoms with Crippen molar-refractivity contribution in [3.05, 3.63) is 95.7 Å². The maximum atomic E-state index is 12.7. The van der Waals surface area contributed by atoms with E-state index in [1.165, 1.54) is 0 Å². The summed E-state index contributed by atoms with van der Waals surface area (Å²) < 4.78 is 7.55. The summed E-state index contributed by atoms with van der Waals surface area (Å²) >= 11 is 0. The van der Waals surface area contributed by atoms with Crippen molar-refractivity contribution in [3.63, 3.8) is 0 Å². The molecule has 5 aromatic rings. The Balaban J connectivity index is 1.26. The minimum absolute atomic E-state index is 0.0374. The van der Waals surface area contributed by atoms with Gasteiger partial charge in [0.2, 0.25) is 5.82 Å². The van der Waals surface area contributed by atoms with E-state index in [1.54, 1.807) is 12.1 Å². The number of amides is 1. The van der Waals surface area contributed by atoms with Gasteiger partial charge in [-0.25, -0.2) is 4.79 Å². The van der Waals surface area contributed by atoms with Gasteiger partial charge in [-0.2, -0.15) is 4.98 Å². The average Bonchev–Trinajstić information content (AvgIpc) is 3.55. The monoisotopic (exact) mass is 522 g/mol. The SMILES string of the molecule is Cn1ccc2cc(-c3nc(-c4ccc(C[C@H](NC(=O)c5ccc(C(C)(C)C)cc5)C(=O)O)cc4)no3)ccc21. The highest BCUT2D eigenvalue weighted by Crippen LogP contribution is 2.26. The van der Waals surface area contributed by atoms with Crippen molar-refractivity contribution >= 4 is 22.8 Å². The normalized spacial score (nSPS) is 12.4. The standard InChI is InChI=1S/C31H30N4O4/c1-31(2,3)24-12-9-21(10-13-24)28(36)32-25(30(37)38)17-19-5-7-20(8-6-19)27-33-29(39-34-27)23-11-14-26-22(18-23)15-16-35(26)4/h5-16,18,25H,17H2,1-4H3,(H,32,36)(H,37,38)/t25-/m0/s1. The summed E-state index contributed by atoms with van der Waals surface area (Å²) in [5, 5.41) is 17.6. The smallest absolute Gasteiger partial charge is 0.326 e. The van der Waals surface area contributed by atoms with Crippen LogP contribution in [0.3, 0.4) is 0 Å². The highest BCUT2D eigenvalue weighted by atomic mass is 16.5. The number of aryl methyl sites for hydroxylation is 1. The van der Waals surface area contributed by atoms with Crippen LogP contribution >= 0.6 is 0 Å². The third-order valence-electron chi connectivity index (χ3n) is 6.83. The number of nitrogens with one attached hydrogen (secondary N) is 1. The fourth-order valence-electron chi connectivity index (χ4n) is 4.46. The highest BCUT2D eigenvalue weighted by Gasteiger charge is 2.22. The van der Waals surface area contributed by atoms with Gasteiger partial charge in [0.05, 0.1) is 0 Å². The fraction of sp³-hybridized carbons (Fsp3) is 0.226. The number of rotatable bonds is 7. The molecule has 2 heterocycles. The van der Waals surface area contributed by atoms with Gasteiger partial charge in [-0.05, 0) is 52.9 Å². The Labute approximate surface area is 226 Å². The topological polar surface area (TPSA) is 110 Å². The van der Waals surface area contributed by atoms with E-state index >= 15 is 0 Å². The zero-order valence-corrected chi connectivity index (χ0v) is 22.3. The van der Waals surface area contributed by atoms with Crippen molar-refractivity contribution in [2.45, 2.75) is 38.6 Å². The van der Waals surface area contributed by atoms with E-state index < -0.39 is 17.9 Å². The third-order valence-corrected chi connectivity index (χ3v) is 6.83. The van der Waals surface area contributed by atoms with Crippen LogP contribution in [-0.2, 0) is 23.7 Å². The number of nitrogens with zero attached hydrogens (tertiary/aromatic N) is 3. The molecule has 0 unspecified atom stereocenters. The molecule has 1 amide bonds. The van der Waals surface area contributed by atoms with Crippen LogP contribution < -0.4 is 5.32 Å². The van der Waals surface area contributed by atoms with Crippen LogP contribution in [0, 0.1) is 0 Å². The first-order valence-electron chi connectivity index (χ1n) is 12.7. The van der Waals surface area contributed by atoms with Crippen LogP contribution in [-0.4, -0.2) is 37.7 Å². The first-order valence-corrected chi connectivity index (χ1v) is 12.7. The summed E-state index contributed by atoms with van der Waals surface area (Å²) in [6.07, 6.45) is 2.13. The number of carboxylic acids is 1. The summed E-state index contributed by atoms with van der Waals surface area (Å²) in [5.41, 5.74) is 4.92. The predicted octanol–water partition coefficient (Wildman–Crippen LogP) is 5.62. The predicted molar refractivity (Wildman–Crippen MR) is 149 cm³/mol. The van der Waals surface area contributed by atoms with Crippen molar-refractivity contribution in [1.82, 2.24) is 20.0 Å². The van der Waals surface area contributed by atoms with Crippen LogP contribution in [0.1, 0.15) is 42.3 Å². The van der Waals surface area contributed by atoms with Crippen molar-refractivity contribution < 1.29 is 19.2 Å². The Morgan fingerprint density at radius 2 is 1.67 bits per heavy atom. The number of aromatic nitrogens is 3. The third kappa shape index (κ3) is 5.60. The summed E-state index contributed by atoms with van der Waals surface area (Å²) in [7, 11) is 1.99. The van der Waals surface area contributed by atoms with Gasteiger partial charge in [0.15, 0.2) is 0 Å². The van der Waals surface area contributed by atoms with E-state index in [9.17, 15) is 14.7 Å². The molecule has 1 atom stereocenters. The van der Waals surface area contributed by atoms with E-state index in [0.29, 0.717) is 17.3 Å². The molecule has 2 N–H and O–H groups in total. The number of hydrogen-bond donors (Lipinski definition) is 2. The number of benzene rings is 3. The molecule has 8 heteroatoms. The molecule has 0 aliphatic carbocycles. The van der Waals surface area contributed by atoms with Gasteiger partial charge in [-0.1, -0.05) is 62.3 Å². The van der Waals surface area contributed by atoms with Gasteiger partial charge in [0.1, 0.15) is 6.04 Å². The molecule has 39 heavy (non-hydrogen) atoms. The second-order valence-corrected chi connectivity index (χ2v) is 10.7. The zero-order valence-electron chi connectivity index (χ0n) is 22.3. The molecular weight excluding hydrogens is 492 g/mol. The van der Waals surface area contributed by atoms with Gasteiger partial charge in [0.25, 0.3) is 11.8 Å². The maximum absolute atomic E-state index is 12.7. The number of aliphatic carboxylic acids is 1. The molecule has 0 aliphatic heterocycles. The van der Waals surface area contributed by atoms with E-state index in [-0.39, 0.29) is 11.8 Å². The molecule has 3 aromatic carbocycles. The van der Waals surface area contributed by atoms with E-state index in [0.717, 1.165) is 33.2 Å². The Bertz CT molecular complexity index is 1640. The van der Waals surface area contributed by atoms with E-state index in [1.807, 2.05) is 78.5 Å². The van der Waals surface area contributed by atoms with E-state index in [4.69, 9.17) is 4.52 Å². The molecule has 0 saturated carbocycles. The highest BCUT2D eigenvalue weighted by molar-refractivity contribution is 5.96. The average molecular weight is 523 g/mol. The van der Waals surface area contributed by atoms with Gasteiger partial charge in [0, 0.05) is 47.3 Å². The van der Waals surface area contributed by atoms with Crippen molar-refractivity contribution in [3.8, 4) is 22.8 Å². The van der Waals surface area contributed by atoms with Gasteiger partial charge >= 0.3 is 5.97 Å². The summed E-state index contributed by atoms with van der Waals surface area (Å²) in [6.45, 7) is 6.28. The first-order chi connectivity index (χ1) is 18.6. The van der Waals surface area contributed by atoms with Gasteiger partial charge in [-0.15, -0.1) is 0 Å². The number of carboxylic acid groups (broad SMARTS) is 1. The van der Waals surface area contributed by atoms with E-state index in [2.05, 4.69) is 36.2 Å². The lowest BCUT2D eigenvalue weighted by Gasteiger charge is -2.19. The molecule has 2 aromatic heterocycles. The quantitative estimate of drug-likeness (QED) is 0.287. The van der Waals surface area contributed by atoms with Gasteiger partial charge < -0.3 is 19.5 Å². The van der Waals surface area contributed by atoms with Crippen molar-refractivity contribution in [2.24, 2.45) is 7.05 Å². The second-order valence-electron chi connectivity index (χ2n) is 10.7. The van der Waals surface area contributed by atoms with Crippen LogP contribution in [0.2, 0.25) is 0 Å². The Morgan fingerprint density at radius 1 is 0.974 bits per heavy atom. The number of carbonyl (C=O) groups excluding carboxylic acids is 1. The zero-order chi connectivity index (χ0) is 27.7. The lowest BCUT2D eigenvalue weighted by Crippen LogP contribution is -2.42. The van der Waals surface area contributed by atoms with Crippen LogP contribution in [0.25, 0.3) is 33.7 Å². The second kappa shape index (κ2) is 10.2. The lowest BCUT2D eigenvalue weighted by atomic mass is 9.86. The Morgan fingerprint density at radius 3 is 2.33 bits per heavy atom. The molecule has 0 fully saturated rings. The Hall–Kier alpha value is -4.72. The molecule has 0 radical (unpaired) electrons. The molecule has 8 nitrogen and oxygen atoms in total. The molecule has 0 aliphatic rings. The number of carbonyl (C=O) groups is 2. The fourth-order valence-corrected chi connectivity index (χ4v) is 4.46. The minimum Gasteiger partial charge on any atom is -0.480 e. The molecular formula is C31H30N4O4. The molecule has 198 valence electrons. The summed E-state index contributed by atoms with van der Waals surface area (Å²) in [6, 6.07) is 21.4. The molecule has 0 saturated heterocycles. The van der Waals surface area contributed by atoms with Crippen LogP contribution in [0.5, 0.6) is 0 Å². The van der Waals surface area contributed by atoms with Crippen molar-refractivity contribution in [2.75, 3.05) is 0 Å². The first kappa shape index (κ1) is 25.9. The van der Waals surface area contributed by atoms with Crippen molar-refractivity contribution in [1.29, 1.82) is 0 Å². The van der Waals surface area contributed by atoms with Crippen LogP contribution in [0.4, 0.5) is 0 Å². The molecule has 0 bridgehead atoms. The Kier molecular flexibility index (Phi) is 6.78. The van der Waals surface area contributed by atoms with Crippen LogP contribution in [0.15, 0.2) is 83.5 Å². The number of hydrogen-bond acceptors (Lipinski definition) is 5.